The lowest BCUT2D eigenvalue weighted by molar-refractivity contribution is -0.137. The van der Waals surface area contributed by atoms with Crippen molar-refractivity contribution in [1.82, 2.24) is 9.88 Å². The van der Waals surface area contributed by atoms with Gasteiger partial charge in [0, 0.05) is 22.3 Å². The highest BCUT2D eigenvalue weighted by molar-refractivity contribution is 6.31. The third-order valence-electron chi connectivity index (χ3n) is 6.90. The number of nitrogens with one attached hydrogen (secondary N) is 2. The molecule has 1 saturated carbocycles. The molecule has 1 unspecified atom stereocenters. The van der Waals surface area contributed by atoms with Crippen LogP contribution in [0.2, 0.25) is 5.02 Å². The maximum atomic E-state index is 13.5. The number of carbonyl (C=O) groups excluding carboxylic acids is 1. The molecule has 0 spiro atoms. The minimum absolute atomic E-state index is 0.0617. The van der Waals surface area contributed by atoms with Gasteiger partial charge < -0.3 is 30.2 Å². The van der Waals surface area contributed by atoms with Gasteiger partial charge in [-0.2, -0.15) is 0 Å². The molecule has 0 bridgehead atoms. The van der Waals surface area contributed by atoms with Gasteiger partial charge in [0.1, 0.15) is 11.5 Å². The highest BCUT2D eigenvalue weighted by Gasteiger charge is 2.31. The van der Waals surface area contributed by atoms with E-state index >= 15 is 0 Å². The van der Waals surface area contributed by atoms with Crippen molar-refractivity contribution in [2.45, 2.75) is 64.5 Å². The third-order valence-corrected chi connectivity index (χ3v) is 7.26. The first-order valence-electron chi connectivity index (χ1n) is 13.3. The summed E-state index contributed by atoms with van der Waals surface area (Å²) < 4.78 is 7.10. The second-order valence-corrected chi connectivity index (χ2v) is 10.6. The number of rotatable bonds is 11. The molecule has 212 valence electrons. The second-order valence-electron chi connectivity index (χ2n) is 10.2. The van der Waals surface area contributed by atoms with Gasteiger partial charge in [-0.3, -0.25) is 9.59 Å². The standard InChI is InChI=1S/C30H34ClN3O6/c1-4-40-25-10-6-9-23(31)22(25)16-34-15-21(18-11-12-18)28(37)27(29(34)38)33-30(39)32-24(14-26(35)36)20-8-5-7-19(13-20)17(2)3/h5-10,13,15,17-18,24,37H,4,11-12,14,16H2,1-3H3,(H,35,36)(H2,32,33,39). The fourth-order valence-corrected chi connectivity index (χ4v) is 4.85. The Bertz CT molecular complexity index is 1460. The number of carbonyl (C=O) groups is 2. The van der Waals surface area contributed by atoms with Crippen molar-refractivity contribution in [3.05, 3.63) is 86.3 Å². The number of aromatic nitrogens is 1. The second kappa shape index (κ2) is 12.5. The molecule has 1 heterocycles. The number of carboxylic acids is 1. The fourth-order valence-electron chi connectivity index (χ4n) is 4.62. The summed E-state index contributed by atoms with van der Waals surface area (Å²) in [5.74, 6) is -0.575. The van der Waals surface area contributed by atoms with Crippen LogP contribution in [0, 0.1) is 0 Å². The van der Waals surface area contributed by atoms with E-state index in [1.54, 1.807) is 30.5 Å². The lowest BCUT2D eigenvalue weighted by Gasteiger charge is -2.21. The lowest BCUT2D eigenvalue weighted by atomic mass is 9.96. The lowest BCUT2D eigenvalue weighted by Crippen LogP contribution is -2.36. The molecule has 0 aliphatic heterocycles. The van der Waals surface area contributed by atoms with Gasteiger partial charge in [-0.1, -0.05) is 55.8 Å². The molecular formula is C30H34ClN3O6. The Balaban J connectivity index is 1.66. The number of carboxylic acid groups (broad SMARTS) is 1. The Morgan fingerprint density at radius 2 is 1.85 bits per heavy atom. The van der Waals surface area contributed by atoms with Crippen LogP contribution in [0.15, 0.2) is 53.5 Å². The number of ether oxygens (including phenoxy) is 1. The van der Waals surface area contributed by atoms with E-state index in [-0.39, 0.29) is 36.2 Å². The van der Waals surface area contributed by atoms with Crippen LogP contribution in [0.4, 0.5) is 10.5 Å². The smallest absolute Gasteiger partial charge is 0.319 e. The summed E-state index contributed by atoms with van der Waals surface area (Å²) in [4.78, 5) is 38.3. The van der Waals surface area contributed by atoms with Gasteiger partial charge in [-0.25, -0.2) is 4.79 Å². The number of halogens is 1. The van der Waals surface area contributed by atoms with E-state index in [0.717, 1.165) is 18.4 Å². The quantitative estimate of drug-likeness (QED) is 0.225. The van der Waals surface area contributed by atoms with E-state index in [4.69, 9.17) is 16.3 Å². The molecule has 1 atom stereocenters. The van der Waals surface area contributed by atoms with Gasteiger partial charge in [0.2, 0.25) is 0 Å². The van der Waals surface area contributed by atoms with Gasteiger partial charge in [0.25, 0.3) is 5.56 Å². The number of nitrogens with zero attached hydrogens (tertiary/aromatic N) is 1. The maximum absolute atomic E-state index is 13.5. The van der Waals surface area contributed by atoms with Crippen molar-refractivity contribution >= 4 is 29.3 Å². The molecule has 2 aromatic carbocycles. The molecule has 10 heteroatoms. The number of aromatic hydroxyl groups is 1. The van der Waals surface area contributed by atoms with Gasteiger partial charge in [-0.05, 0) is 54.9 Å². The average molecular weight is 568 g/mol. The normalized spacial score (nSPS) is 13.6. The van der Waals surface area contributed by atoms with Crippen LogP contribution in [-0.4, -0.2) is 33.4 Å². The molecule has 1 aromatic heterocycles. The van der Waals surface area contributed by atoms with Crippen LogP contribution in [-0.2, 0) is 11.3 Å². The maximum Gasteiger partial charge on any atom is 0.319 e. The fraction of sp³-hybridized carbons (Fsp3) is 0.367. The molecule has 2 amide bonds. The molecule has 0 saturated heterocycles. The SMILES string of the molecule is CCOc1cccc(Cl)c1Cn1cc(C2CC2)c(O)c(NC(=O)NC(CC(=O)O)c2cccc(C(C)C)c2)c1=O. The van der Waals surface area contributed by atoms with E-state index in [0.29, 0.717) is 34.1 Å². The van der Waals surface area contributed by atoms with Crippen molar-refractivity contribution in [3.8, 4) is 11.5 Å². The number of urea groups is 1. The van der Waals surface area contributed by atoms with Crippen LogP contribution in [0.25, 0.3) is 0 Å². The van der Waals surface area contributed by atoms with Crippen LogP contribution >= 0.6 is 11.6 Å². The zero-order valence-electron chi connectivity index (χ0n) is 22.7. The zero-order chi connectivity index (χ0) is 29.0. The molecule has 4 N–H and O–H groups in total. The van der Waals surface area contributed by atoms with Crippen molar-refractivity contribution in [2.24, 2.45) is 0 Å². The zero-order valence-corrected chi connectivity index (χ0v) is 23.5. The first-order valence-corrected chi connectivity index (χ1v) is 13.7. The molecule has 1 aliphatic carbocycles. The largest absolute Gasteiger partial charge is 0.505 e. The van der Waals surface area contributed by atoms with Gasteiger partial charge >= 0.3 is 12.0 Å². The van der Waals surface area contributed by atoms with Crippen molar-refractivity contribution in [3.63, 3.8) is 0 Å². The topological polar surface area (TPSA) is 130 Å². The molecule has 1 fully saturated rings. The van der Waals surface area contributed by atoms with Crippen molar-refractivity contribution < 1.29 is 24.5 Å². The van der Waals surface area contributed by atoms with Crippen LogP contribution in [0.5, 0.6) is 11.5 Å². The summed E-state index contributed by atoms with van der Waals surface area (Å²) in [6, 6.07) is 10.9. The van der Waals surface area contributed by atoms with Gasteiger partial charge in [0.05, 0.1) is 25.6 Å². The first kappa shape index (κ1) is 29.0. The Morgan fingerprint density at radius 1 is 1.15 bits per heavy atom. The Labute approximate surface area is 237 Å². The minimum Gasteiger partial charge on any atom is -0.505 e. The predicted octanol–water partition coefficient (Wildman–Crippen LogP) is 5.99. The minimum atomic E-state index is -1.09. The summed E-state index contributed by atoms with van der Waals surface area (Å²) in [6.45, 7) is 6.36. The van der Waals surface area contributed by atoms with E-state index in [1.807, 2.05) is 39.0 Å². The monoisotopic (exact) mass is 567 g/mol. The molecule has 0 radical (unpaired) electrons. The van der Waals surface area contributed by atoms with Crippen LogP contribution in [0.3, 0.4) is 0 Å². The number of pyridine rings is 1. The average Bonchev–Trinajstić information content (AvgIpc) is 3.75. The van der Waals surface area contributed by atoms with Crippen molar-refractivity contribution in [1.29, 1.82) is 0 Å². The van der Waals surface area contributed by atoms with E-state index in [9.17, 15) is 24.6 Å². The summed E-state index contributed by atoms with van der Waals surface area (Å²) in [5.41, 5.74) is 1.86. The molecule has 1 aliphatic rings. The van der Waals surface area contributed by atoms with Gasteiger partial charge in [-0.15, -0.1) is 0 Å². The Morgan fingerprint density at radius 3 is 2.50 bits per heavy atom. The first-order chi connectivity index (χ1) is 19.1. The van der Waals surface area contributed by atoms with E-state index < -0.39 is 23.6 Å². The number of hydrogen-bond acceptors (Lipinski definition) is 5. The Kier molecular flexibility index (Phi) is 9.04. The van der Waals surface area contributed by atoms with Crippen LogP contribution < -0.4 is 20.9 Å². The highest BCUT2D eigenvalue weighted by Crippen LogP contribution is 2.45. The highest BCUT2D eigenvalue weighted by atomic mass is 35.5. The third kappa shape index (κ3) is 6.77. The van der Waals surface area contributed by atoms with E-state index in [2.05, 4.69) is 10.6 Å². The number of aliphatic carboxylic acids is 1. The summed E-state index contributed by atoms with van der Waals surface area (Å²) in [5, 5.41) is 26.1. The molecule has 4 rings (SSSR count). The molecule has 3 aromatic rings. The van der Waals surface area contributed by atoms with E-state index in [1.165, 1.54) is 4.57 Å². The number of anilines is 1. The number of amides is 2. The molecule has 9 nitrogen and oxygen atoms in total. The van der Waals surface area contributed by atoms with Crippen molar-refractivity contribution in [2.75, 3.05) is 11.9 Å². The summed E-state index contributed by atoms with van der Waals surface area (Å²) in [7, 11) is 0. The number of hydrogen-bond donors (Lipinski definition) is 4. The predicted molar refractivity (Wildman–Crippen MR) is 154 cm³/mol. The summed E-state index contributed by atoms with van der Waals surface area (Å²) in [6.07, 6.45) is 2.93. The Hall–Kier alpha value is -3.98. The number of benzene rings is 2. The van der Waals surface area contributed by atoms with Gasteiger partial charge in [0.15, 0.2) is 5.69 Å². The summed E-state index contributed by atoms with van der Waals surface area (Å²) >= 11 is 6.45. The molecule has 40 heavy (non-hydrogen) atoms. The van der Waals surface area contributed by atoms with Crippen LogP contribution in [0.1, 0.15) is 80.2 Å². The molecular weight excluding hydrogens is 534 g/mol.